The van der Waals surface area contributed by atoms with Gasteiger partial charge in [0.25, 0.3) is 0 Å². The van der Waals surface area contributed by atoms with E-state index in [2.05, 4.69) is 60.2 Å². The monoisotopic (exact) mass is 262 g/mol. The highest BCUT2D eigenvalue weighted by Gasteiger charge is 1.89. The third kappa shape index (κ3) is 15.8. The lowest BCUT2D eigenvalue weighted by atomic mass is 10.1. The van der Waals surface area contributed by atoms with E-state index in [0.717, 1.165) is 6.42 Å². The molecule has 0 heteroatoms. The molecule has 0 aromatic heterocycles. The second-order valence-electron chi connectivity index (χ2n) is 4.42. The number of hydrogen-bond acceptors (Lipinski definition) is 0. The molecule has 0 aromatic rings. The van der Waals surface area contributed by atoms with Crippen LogP contribution in [0.4, 0.5) is 0 Å². The van der Waals surface area contributed by atoms with Gasteiger partial charge in [-0.15, -0.1) is 6.42 Å². The maximum absolute atomic E-state index is 4.94. The van der Waals surface area contributed by atoms with Crippen LogP contribution in [-0.2, 0) is 0 Å². The van der Waals surface area contributed by atoms with Crippen LogP contribution in [0.15, 0.2) is 0 Å². The molecule has 0 N–H and O–H groups in total. The molecule has 0 heterocycles. The van der Waals surface area contributed by atoms with Crippen molar-refractivity contribution in [3.63, 3.8) is 0 Å². The Balaban J connectivity index is 3.48. The fourth-order valence-corrected chi connectivity index (χ4v) is 1.65. The van der Waals surface area contributed by atoms with E-state index in [4.69, 9.17) is 6.42 Å². The van der Waals surface area contributed by atoms with Crippen LogP contribution in [0.5, 0.6) is 0 Å². The molecule has 20 heavy (non-hydrogen) atoms. The zero-order valence-electron chi connectivity index (χ0n) is 12.4. The maximum atomic E-state index is 4.94. The molecule has 0 aliphatic rings. The molecule has 0 bridgehead atoms. The van der Waals surface area contributed by atoms with Crippen LogP contribution >= 0.6 is 0 Å². The summed E-state index contributed by atoms with van der Waals surface area (Å²) in [5, 5.41) is 0. The van der Waals surface area contributed by atoms with Gasteiger partial charge in [-0.25, -0.2) is 0 Å². The summed E-state index contributed by atoms with van der Waals surface area (Å²) >= 11 is 0. The van der Waals surface area contributed by atoms with Crippen molar-refractivity contribution in [2.24, 2.45) is 0 Å². The topological polar surface area (TPSA) is 0 Å². The first-order valence-corrected chi connectivity index (χ1v) is 7.35. The molecule has 0 spiro atoms. The summed E-state index contributed by atoms with van der Waals surface area (Å²) in [7, 11) is 0. The molecule has 0 atom stereocenters. The molecule has 0 aliphatic heterocycles. The number of hydrogen-bond donors (Lipinski definition) is 0. The van der Waals surface area contributed by atoms with E-state index in [0.29, 0.717) is 0 Å². The molecule has 0 fully saturated rings. The van der Waals surface area contributed by atoms with E-state index in [1.165, 1.54) is 51.4 Å². The van der Waals surface area contributed by atoms with Crippen LogP contribution in [-0.4, -0.2) is 0 Å². The Bertz CT molecular complexity index is 512. The Morgan fingerprint density at radius 1 is 0.600 bits per heavy atom. The fourth-order valence-electron chi connectivity index (χ4n) is 1.65. The molecule has 0 nitrogen and oxygen atoms in total. The van der Waals surface area contributed by atoms with Gasteiger partial charge in [-0.2, -0.15) is 0 Å². The number of rotatable bonds is 8. The fraction of sp³-hybridized carbons (Fsp3) is 0.500. The highest BCUT2D eigenvalue weighted by Crippen LogP contribution is 2.08. The average molecular weight is 262 g/mol. The van der Waals surface area contributed by atoms with Gasteiger partial charge in [-0.1, -0.05) is 57.8 Å². The van der Waals surface area contributed by atoms with Crippen molar-refractivity contribution < 1.29 is 0 Å². The van der Waals surface area contributed by atoms with Crippen LogP contribution in [0.1, 0.15) is 64.7 Å². The summed E-state index contributed by atoms with van der Waals surface area (Å²) in [5.41, 5.74) is 0. The van der Waals surface area contributed by atoms with Gasteiger partial charge in [0.1, 0.15) is 0 Å². The first kappa shape index (κ1) is 17.8. The molecular formula is C20H22. The molecule has 0 unspecified atom stereocenters. The second kappa shape index (κ2) is 16.8. The Morgan fingerprint density at radius 3 is 1.70 bits per heavy atom. The summed E-state index contributed by atoms with van der Waals surface area (Å²) in [5.74, 6) is 23.3. The third-order valence-corrected chi connectivity index (χ3v) is 2.69. The molecule has 0 amide bonds. The molecule has 0 aromatic carbocycles. The molecule has 0 saturated carbocycles. The highest BCUT2D eigenvalue weighted by atomic mass is 14.0. The van der Waals surface area contributed by atoms with E-state index in [-0.39, 0.29) is 0 Å². The standard InChI is InChI=1S/C20H22/c1-3-5-7-9-11-13-15-17-19-20-18-16-14-12-10-8-6-4-2/h1H,4,6,8,10,12,14,16,18,20H2,2H3. The van der Waals surface area contributed by atoms with E-state index < -0.39 is 0 Å². The summed E-state index contributed by atoms with van der Waals surface area (Å²) < 4.78 is 0. The van der Waals surface area contributed by atoms with Gasteiger partial charge in [0.05, 0.1) is 0 Å². The lowest BCUT2D eigenvalue weighted by Gasteiger charge is -1.98. The van der Waals surface area contributed by atoms with Gasteiger partial charge in [0.2, 0.25) is 0 Å². The predicted molar refractivity (Wildman–Crippen MR) is 87.2 cm³/mol. The van der Waals surface area contributed by atoms with Gasteiger partial charge in [0.15, 0.2) is 0 Å². The third-order valence-electron chi connectivity index (χ3n) is 2.69. The second-order valence-corrected chi connectivity index (χ2v) is 4.42. The molecule has 0 rings (SSSR count). The van der Waals surface area contributed by atoms with Crippen LogP contribution < -0.4 is 0 Å². The van der Waals surface area contributed by atoms with Gasteiger partial charge < -0.3 is 0 Å². The lowest BCUT2D eigenvalue weighted by Crippen LogP contribution is -1.79. The van der Waals surface area contributed by atoms with Crippen molar-refractivity contribution in [3.05, 3.63) is 0 Å². The Hall–Kier alpha value is -2.20. The molecule has 0 saturated heterocycles. The SMILES string of the molecule is C#CC#CC#CC#CC#CCCCCCCCCCC. The first-order chi connectivity index (χ1) is 9.91. The van der Waals surface area contributed by atoms with Crippen molar-refractivity contribution in [2.45, 2.75) is 64.7 Å². The molecule has 0 radical (unpaired) electrons. The van der Waals surface area contributed by atoms with E-state index in [1.807, 2.05) is 0 Å². The molecular weight excluding hydrogens is 240 g/mol. The quantitative estimate of drug-likeness (QED) is 0.455. The van der Waals surface area contributed by atoms with E-state index in [9.17, 15) is 0 Å². The van der Waals surface area contributed by atoms with Crippen molar-refractivity contribution in [1.29, 1.82) is 0 Å². The first-order valence-electron chi connectivity index (χ1n) is 7.35. The lowest BCUT2D eigenvalue weighted by molar-refractivity contribution is 0.579. The normalized spacial score (nSPS) is 7.40. The average Bonchev–Trinajstić information content (AvgIpc) is 2.47. The van der Waals surface area contributed by atoms with Crippen molar-refractivity contribution >= 4 is 0 Å². The summed E-state index contributed by atoms with van der Waals surface area (Å²) in [4.78, 5) is 0. The van der Waals surface area contributed by atoms with Crippen molar-refractivity contribution in [1.82, 2.24) is 0 Å². The summed E-state index contributed by atoms with van der Waals surface area (Å²) in [6.45, 7) is 2.25. The molecule has 102 valence electrons. The minimum absolute atomic E-state index is 0.925. The van der Waals surface area contributed by atoms with Crippen LogP contribution in [0, 0.1) is 59.7 Å². The zero-order valence-corrected chi connectivity index (χ0v) is 12.4. The van der Waals surface area contributed by atoms with E-state index >= 15 is 0 Å². The van der Waals surface area contributed by atoms with Gasteiger partial charge in [0, 0.05) is 6.42 Å². The van der Waals surface area contributed by atoms with Crippen LogP contribution in [0.25, 0.3) is 0 Å². The Morgan fingerprint density at radius 2 is 1.10 bits per heavy atom. The predicted octanol–water partition coefficient (Wildman–Crippen LogP) is 4.16. The summed E-state index contributed by atoms with van der Waals surface area (Å²) in [6, 6.07) is 0. The number of terminal acetylenes is 1. The Kier molecular flexibility index (Phi) is 15.0. The zero-order chi connectivity index (χ0) is 14.7. The van der Waals surface area contributed by atoms with Gasteiger partial charge in [-0.3, -0.25) is 0 Å². The molecule has 0 aliphatic carbocycles. The minimum Gasteiger partial charge on any atom is -0.106 e. The smallest absolute Gasteiger partial charge is 0.00989 e. The van der Waals surface area contributed by atoms with Crippen LogP contribution in [0.3, 0.4) is 0 Å². The van der Waals surface area contributed by atoms with Crippen LogP contribution in [0.2, 0.25) is 0 Å². The van der Waals surface area contributed by atoms with Crippen molar-refractivity contribution in [2.75, 3.05) is 0 Å². The minimum atomic E-state index is 0.925. The Labute approximate surface area is 125 Å². The van der Waals surface area contributed by atoms with Gasteiger partial charge >= 0.3 is 0 Å². The van der Waals surface area contributed by atoms with Crippen molar-refractivity contribution in [3.8, 4) is 59.7 Å². The van der Waals surface area contributed by atoms with E-state index in [1.54, 1.807) is 0 Å². The number of unbranched alkanes of at least 4 members (excludes halogenated alkanes) is 8. The largest absolute Gasteiger partial charge is 0.106 e. The highest BCUT2D eigenvalue weighted by molar-refractivity contribution is 5.41. The summed E-state index contributed by atoms with van der Waals surface area (Å²) in [6.07, 6.45) is 16.5. The van der Waals surface area contributed by atoms with Gasteiger partial charge in [-0.05, 0) is 53.8 Å². The maximum Gasteiger partial charge on any atom is 0.00989 e.